The first-order chi connectivity index (χ1) is 6.15. The number of carbonyl (C=O) groups excluding carboxylic acids is 1. The molecule has 0 amide bonds. The van der Waals surface area contributed by atoms with E-state index in [1.807, 2.05) is 13.0 Å². The molecule has 0 N–H and O–H groups in total. The minimum absolute atomic E-state index is 0.103. The highest BCUT2D eigenvalue weighted by molar-refractivity contribution is 5.75. The Balaban J connectivity index is 4.04. The van der Waals surface area contributed by atoms with Crippen molar-refractivity contribution in [3.63, 3.8) is 0 Å². The summed E-state index contributed by atoms with van der Waals surface area (Å²) in [6.07, 6.45) is 0.278. The van der Waals surface area contributed by atoms with Gasteiger partial charge in [-0.25, -0.2) is 0 Å². The fourth-order valence-corrected chi connectivity index (χ4v) is 0.873. The molecule has 4 nitrogen and oxygen atoms in total. The summed E-state index contributed by atoms with van der Waals surface area (Å²) in [5.74, 6) is -1.18. The largest absolute Gasteiger partial charge is 0.465 e. The van der Waals surface area contributed by atoms with Crippen LogP contribution in [0.4, 0.5) is 0 Å². The first-order valence-electron chi connectivity index (χ1n) is 4.24. The van der Waals surface area contributed by atoms with E-state index >= 15 is 0 Å². The first-order valence-corrected chi connectivity index (χ1v) is 4.24. The van der Waals surface area contributed by atoms with Crippen molar-refractivity contribution in [1.29, 1.82) is 5.26 Å². The molecular weight excluding hydrogens is 170 g/mol. The van der Waals surface area contributed by atoms with Gasteiger partial charge in [-0.15, -0.1) is 0 Å². The van der Waals surface area contributed by atoms with Gasteiger partial charge < -0.3 is 9.47 Å². The maximum atomic E-state index is 11.1. The average molecular weight is 185 g/mol. The number of hydrogen-bond acceptors (Lipinski definition) is 4. The Kier molecular flexibility index (Phi) is 5.90. The Morgan fingerprint density at radius 1 is 1.62 bits per heavy atom. The molecule has 4 heteroatoms. The third kappa shape index (κ3) is 4.48. The summed E-state index contributed by atoms with van der Waals surface area (Å²) in [5.41, 5.74) is 0. The third-order valence-corrected chi connectivity index (χ3v) is 1.70. The highest BCUT2D eigenvalue weighted by atomic mass is 16.5. The Labute approximate surface area is 78.4 Å². The fraction of sp³-hybridized carbons (Fsp3) is 0.778. The third-order valence-electron chi connectivity index (χ3n) is 1.70. The zero-order valence-electron chi connectivity index (χ0n) is 8.24. The van der Waals surface area contributed by atoms with Crippen molar-refractivity contribution in [3.05, 3.63) is 0 Å². The van der Waals surface area contributed by atoms with Gasteiger partial charge in [0.05, 0.1) is 18.8 Å². The number of carbonyl (C=O) groups is 1. The second kappa shape index (κ2) is 6.44. The smallest absolute Gasteiger partial charge is 0.323 e. The lowest BCUT2D eigenvalue weighted by molar-refractivity contribution is -0.147. The molecular formula is C9H15NO3. The van der Waals surface area contributed by atoms with Crippen molar-refractivity contribution >= 4 is 5.97 Å². The number of nitriles is 1. The number of methoxy groups -OCH3 is 1. The van der Waals surface area contributed by atoms with Gasteiger partial charge in [0.15, 0.2) is 0 Å². The number of ether oxygens (including phenoxy) is 2. The molecule has 0 radical (unpaired) electrons. The van der Waals surface area contributed by atoms with Crippen LogP contribution in [-0.4, -0.2) is 25.8 Å². The molecule has 0 heterocycles. The lowest BCUT2D eigenvalue weighted by Gasteiger charge is -2.12. The fourth-order valence-electron chi connectivity index (χ4n) is 0.873. The number of nitrogens with zero attached hydrogens (tertiary/aromatic N) is 1. The molecule has 74 valence electrons. The summed E-state index contributed by atoms with van der Waals surface area (Å²) in [5, 5.41) is 8.66. The summed E-state index contributed by atoms with van der Waals surface area (Å²) in [6, 6.07) is 1.90. The molecule has 0 fully saturated rings. The lowest BCUT2D eigenvalue weighted by Crippen LogP contribution is -2.21. The van der Waals surface area contributed by atoms with Gasteiger partial charge in [0.2, 0.25) is 0 Å². The van der Waals surface area contributed by atoms with E-state index in [4.69, 9.17) is 14.7 Å². The predicted octanol–water partition coefficient (Wildman–Crippen LogP) is 1.11. The van der Waals surface area contributed by atoms with Crippen LogP contribution in [0.15, 0.2) is 0 Å². The van der Waals surface area contributed by atoms with Crippen LogP contribution in [0.1, 0.15) is 20.3 Å². The molecule has 0 aliphatic rings. The molecule has 0 saturated carbocycles. The van der Waals surface area contributed by atoms with E-state index in [1.54, 1.807) is 14.0 Å². The zero-order valence-corrected chi connectivity index (χ0v) is 8.24. The predicted molar refractivity (Wildman–Crippen MR) is 46.8 cm³/mol. The van der Waals surface area contributed by atoms with Gasteiger partial charge in [0.1, 0.15) is 5.92 Å². The van der Waals surface area contributed by atoms with E-state index in [-0.39, 0.29) is 6.10 Å². The Morgan fingerprint density at radius 2 is 2.23 bits per heavy atom. The lowest BCUT2D eigenvalue weighted by atomic mass is 10.0. The number of hydrogen-bond donors (Lipinski definition) is 0. The van der Waals surface area contributed by atoms with E-state index in [0.717, 1.165) is 0 Å². The molecule has 2 atom stereocenters. The molecule has 0 spiro atoms. The van der Waals surface area contributed by atoms with Gasteiger partial charge in [0.25, 0.3) is 0 Å². The van der Waals surface area contributed by atoms with Gasteiger partial charge in [-0.3, -0.25) is 4.79 Å². The molecule has 0 aliphatic carbocycles. The average Bonchev–Trinajstić information content (AvgIpc) is 2.14. The summed E-state index contributed by atoms with van der Waals surface area (Å²) < 4.78 is 9.68. The van der Waals surface area contributed by atoms with Crippen LogP contribution in [0, 0.1) is 17.2 Å². The number of esters is 1. The van der Waals surface area contributed by atoms with Crippen molar-refractivity contribution in [2.45, 2.75) is 26.4 Å². The monoisotopic (exact) mass is 185 g/mol. The van der Waals surface area contributed by atoms with Crippen LogP contribution < -0.4 is 0 Å². The van der Waals surface area contributed by atoms with Gasteiger partial charge in [-0.05, 0) is 20.3 Å². The van der Waals surface area contributed by atoms with Crippen LogP contribution in [0.25, 0.3) is 0 Å². The van der Waals surface area contributed by atoms with Crippen LogP contribution in [0.5, 0.6) is 0 Å². The van der Waals surface area contributed by atoms with Gasteiger partial charge in [-0.1, -0.05) is 0 Å². The molecule has 0 aromatic heterocycles. The van der Waals surface area contributed by atoms with Crippen LogP contribution in [0.2, 0.25) is 0 Å². The molecule has 0 rings (SSSR count). The highest BCUT2D eigenvalue weighted by Crippen LogP contribution is 2.09. The molecule has 0 bridgehead atoms. The second-order valence-corrected chi connectivity index (χ2v) is 2.72. The van der Waals surface area contributed by atoms with E-state index in [1.165, 1.54) is 0 Å². The summed E-state index contributed by atoms with van der Waals surface area (Å²) in [6.45, 7) is 3.83. The van der Waals surface area contributed by atoms with Crippen molar-refractivity contribution in [2.24, 2.45) is 5.92 Å². The Morgan fingerprint density at radius 3 is 2.62 bits per heavy atom. The molecule has 0 saturated heterocycles. The second-order valence-electron chi connectivity index (χ2n) is 2.72. The SMILES string of the molecule is CCOC(=O)C(C#N)CC(C)OC. The zero-order chi connectivity index (χ0) is 10.3. The minimum Gasteiger partial charge on any atom is -0.465 e. The standard InChI is InChI=1S/C9H15NO3/c1-4-13-9(11)8(6-10)5-7(2)12-3/h7-8H,4-5H2,1-3H3. The van der Waals surface area contributed by atoms with Gasteiger partial charge in [0, 0.05) is 7.11 Å². The molecule has 0 aliphatic heterocycles. The summed E-state index contributed by atoms with van der Waals surface area (Å²) in [7, 11) is 1.55. The van der Waals surface area contributed by atoms with Crippen molar-refractivity contribution in [2.75, 3.05) is 13.7 Å². The Bertz CT molecular complexity index is 198. The molecule has 0 aromatic rings. The Hall–Kier alpha value is -1.08. The van der Waals surface area contributed by atoms with E-state index in [2.05, 4.69) is 0 Å². The summed E-state index contributed by atoms with van der Waals surface area (Å²) in [4.78, 5) is 11.1. The van der Waals surface area contributed by atoms with E-state index in [0.29, 0.717) is 13.0 Å². The maximum Gasteiger partial charge on any atom is 0.323 e. The number of rotatable bonds is 5. The van der Waals surface area contributed by atoms with Crippen molar-refractivity contribution in [3.8, 4) is 6.07 Å². The molecule has 13 heavy (non-hydrogen) atoms. The quantitative estimate of drug-likeness (QED) is 0.602. The van der Waals surface area contributed by atoms with Gasteiger partial charge >= 0.3 is 5.97 Å². The normalized spacial score (nSPS) is 14.3. The van der Waals surface area contributed by atoms with E-state index < -0.39 is 11.9 Å². The van der Waals surface area contributed by atoms with Crippen molar-refractivity contribution in [1.82, 2.24) is 0 Å². The first kappa shape index (κ1) is 11.9. The minimum atomic E-state index is -0.713. The van der Waals surface area contributed by atoms with E-state index in [9.17, 15) is 4.79 Å². The van der Waals surface area contributed by atoms with Crippen LogP contribution >= 0.6 is 0 Å². The topological polar surface area (TPSA) is 59.3 Å². The maximum absolute atomic E-state index is 11.1. The summed E-state index contributed by atoms with van der Waals surface area (Å²) >= 11 is 0. The molecule has 2 unspecified atom stereocenters. The van der Waals surface area contributed by atoms with Gasteiger partial charge in [-0.2, -0.15) is 5.26 Å². The van der Waals surface area contributed by atoms with Crippen molar-refractivity contribution < 1.29 is 14.3 Å². The molecule has 0 aromatic carbocycles. The van der Waals surface area contributed by atoms with Crippen LogP contribution in [0.3, 0.4) is 0 Å². The highest BCUT2D eigenvalue weighted by Gasteiger charge is 2.21. The van der Waals surface area contributed by atoms with Crippen LogP contribution in [-0.2, 0) is 14.3 Å².